The quantitative estimate of drug-likeness (QED) is 0.803. The van der Waals surface area contributed by atoms with E-state index in [1.807, 2.05) is 12.3 Å². The molecule has 2 unspecified atom stereocenters. The Bertz CT molecular complexity index is 372. The molecule has 1 aliphatic rings. The zero-order valence-corrected chi connectivity index (χ0v) is 10.8. The summed E-state index contributed by atoms with van der Waals surface area (Å²) in [6, 6.07) is 0. The maximum absolute atomic E-state index is 12.1. The zero-order chi connectivity index (χ0) is 11.5. The summed E-state index contributed by atoms with van der Waals surface area (Å²) < 4.78 is 0. The maximum atomic E-state index is 12.1. The van der Waals surface area contributed by atoms with Gasteiger partial charge >= 0.3 is 0 Å². The van der Waals surface area contributed by atoms with E-state index < -0.39 is 0 Å². The van der Waals surface area contributed by atoms with Crippen molar-refractivity contribution < 1.29 is 4.79 Å². The first kappa shape index (κ1) is 11.8. The third-order valence-electron chi connectivity index (χ3n) is 3.57. The Morgan fingerprint density at radius 1 is 1.56 bits per heavy atom. The minimum absolute atomic E-state index is 0.314. The monoisotopic (exact) mass is 237 g/mol. The van der Waals surface area contributed by atoms with E-state index >= 15 is 0 Å². The van der Waals surface area contributed by atoms with Crippen LogP contribution in [-0.4, -0.2) is 10.8 Å². The van der Waals surface area contributed by atoms with E-state index in [1.165, 1.54) is 12.8 Å². The van der Waals surface area contributed by atoms with E-state index in [4.69, 9.17) is 0 Å². The van der Waals surface area contributed by atoms with Crippen LogP contribution < -0.4 is 0 Å². The predicted octanol–water partition coefficient (Wildman–Crippen LogP) is 3.39. The molecule has 3 heteroatoms. The van der Waals surface area contributed by atoms with Gasteiger partial charge in [-0.2, -0.15) is 0 Å². The van der Waals surface area contributed by atoms with Crippen molar-refractivity contribution in [3.05, 3.63) is 16.1 Å². The third-order valence-corrected chi connectivity index (χ3v) is 4.53. The summed E-state index contributed by atoms with van der Waals surface area (Å²) in [6.07, 6.45) is 5.23. The topological polar surface area (TPSA) is 30.0 Å². The van der Waals surface area contributed by atoms with Crippen LogP contribution in [0, 0.1) is 18.8 Å². The van der Waals surface area contributed by atoms with Crippen molar-refractivity contribution >= 4 is 17.1 Å². The molecule has 0 saturated heterocycles. The van der Waals surface area contributed by atoms with Crippen molar-refractivity contribution in [2.45, 2.75) is 46.0 Å². The third kappa shape index (κ3) is 2.70. The van der Waals surface area contributed by atoms with Crippen LogP contribution in [0.1, 0.15) is 43.3 Å². The molecule has 0 aromatic carbocycles. The van der Waals surface area contributed by atoms with Crippen LogP contribution in [0.25, 0.3) is 0 Å². The second-order valence-electron chi connectivity index (χ2n) is 4.81. The van der Waals surface area contributed by atoms with Gasteiger partial charge < -0.3 is 0 Å². The Balaban J connectivity index is 1.89. The maximum Gasteiger partial charge on any atom is 0.142 e. The summed E-state index contributed by atoms with van der Waals surface area (Å²) >= 11 is 1.61. The summed E-state index contributed by atoms with van der Waals surface area (Å²) in [4.78, 5) is 16.4. The van der Waals surface area contributed by atoms with Gasteiger partial charge in [0.25, 0.3) is 0 Å². The zero-order valence-electron chi connectivity index (χ0n) is 10.0. The first-order chi connectivity index (χ1) is 7.69. The molecule has 0 radical (unpaired) electrons. The number of hydrogen-bond donors (Lipinski definition) is 0. The van der Waals surface area contributed by atoms with E-state index in [-0.39, 0.29) is 0 Å². The average Bonchev–Trinajstić information content (AvgIpc) is 2.87. The van der Waals surface area contributed by atoms with Gasteiger partial charge in [-0.1, -0.05) is 13.3 Å². The molecule has 1 saturated carbocycles. The molecule has 2 nitrogen and oxygen atoms in total. The number of hydrogen-bond acceptors (Lipinski definition) is 3. The molecule has 1 aromatic heterocycles. The number of nitrogens with zero attached hydrogens (tertiary/aromatic N) is 1. The average molecular weight is 237 g/mol. The van der Waals surface area contributed by atoms with Crippen LogP contribution >= 0.6 is 11.3 Å². The smallest absolute Gasteiger partial charge is 0.142 e. The molecule has 1 heterocycles. The fourth-order valence-electron chi connectivity index (χ4n) is 2.52. The van der Waals surface area contributed by atoms with Crippen molar-refractivity contribution in [1.82, 2.24) is 4.98 Å². The Hall–Kier alpha value is -0.700. The standard InChI is InChI=1S/C13H19NOS/c1-3-10-4-5-11(6-10)12(15)7-13-14-9(2)8-16-13/h8,10-11H,3-7H2,1-2H3. The van der Waals surface area contributed by atoms with E-state index in [0.29, 0.717) is 18.1 Å². The lowest BCUT2D eigenvalue weighted by Gasteiger charge is -2.07. The van der Waals surface area contributed by atoms with Crippen LogP contribution in [0.3, 0.4) is 0 Å². The van der Waals surface area contributed by atoms with Crippen LogP contribution in [0.4, 0.5) is 0 Å². The Morgan fingerprint density at radius 2 is 2.38 bits per heavy atom. The first-order valence-electron chi connectivity index (χ1n) is 6.12. The van der Waals surface area contributed by atoms with Gasteiger partial charge in [-0.15, -0.1) is 11.3 Å². The number of aryl methyl sites for hydroxylation is 1. The van der Waals surface area contributed by atoms with E-state index in [2.05, 4.69) is 11.9 Å². The van der Waals surface area contributed by atoms with Crippen LogP contribution in [0.2, 0.25) is 0 Å². The van der Waals surface area contributed by atoms with Gasteiger partial charge in [-0.05, 0) is 32.1 Å². The van der Waals surface area contributed by atoms with Crippen molar-refractivity contribution in [3.8, 4) is 0 Å². The number of carbonyl (C=O) groups excluding carboxylic acids is 1. The highest BCUT2D eigenvalue weighted by atomic mass is 32.1. The van der Waals surface area contributed by atoms with Gasteiger partial charge in [-0.25, -0.2) is 4.98 Å². The van der Waals surface area contributed by atoms with E-state index in [9.17, 15) is 4.79 Å². The molecule has 0 aliphatic heterocycles. The highest BCUT2D eigenvalue weighted by Gasteiger charge is 2.28. The fourth-order valence-corrected chi connectivity index (χ4v) is 3.30. The summed E-state index contributed by atoms with van der Waals surface area (Å²) in [7, 11) is 0. The Kier molecular flexibility index (Phi) is 3.74. The number of rotatable bonds is 4. The molecule has 16 heavy (non-hydrogen) atoms. The SMILES string of the molecule is CCC1CCC(C(=O)Cc2nc(C)cs2)C1. The molecule has 2 rings (SSSR count). The van der Waals surface area contributed by atoms with Crippen LogP contribution in [0.5, 0.6) is 0 Å². The number of carbonyl (C=O) groups is 1. The molecule has 1 fully saturated rings. The highest BCUT2D eigenvalue weighted by Crippen LogP contribution is 2.34. The van der Waals surface area contributed by atoms with Crippen LogP contribution in [0.15, 0.2) is 5.38 Å². The second-order valence-corrected chi connectivity index (χ2v) is 5.75. The summed E-state index contributed by atoms with van der Waals surface area (Å²) in [5, 5.41) is 3.01. The lowest BCUT2D eigenvalue weighted by atomic mass is 9.98. The fraction of sp³-hybridized carbons (Fsp3) is 0.692. The normalized spacial score (nSPS) is 24.9. The first-order valence-corrected chi connectivity index (χ1v) is 7.00. The number of Topliss-reactive ketones (excluding diaryl/α,β-unsaturated/α-hetero) is 1. The molecule has 1 aliphatic carbocycles. The van der Waals surface area contributed by atoms with Crippen LogP contribution in [-0.2, 0) is 11.2 Å². The highest BCUT2D eigenvalue weighted by molar-refractivity contribution is 7.09. The lowest BCUT2D eigenvalue weighted by Crippen LogP contribution is -2.14. The number of aromatic nitrogens is 1. The molecule has 2 atom stereocenters. The molecule has 0 bridgehead atoms. The van der Waals surface area contributed by atoms with Gasteiger partial charge in [0.2, 0.25) is 0 Å². The van der Waals surface area contributed by atoms with Crippen molar-refractivity contribution in [1.29, 1.82) is 0 Å². The van der Waals surface area contributed by atoms with Crippen molar-refractivity contribution in [3.63, 3.8) is 0 Å². The largest absolute Gasteiger partial charge is 0.299 e. The number of thiazole rings is 1. The molecule has 0 amide bonds. The van der Waals surface area contributed by atoms with Gasteiger partial charge in [0.15, 0.2) is 0 Å². The van der Waals surface area contributed by atoms with E-state index in [1.54, 1.807) is 11.3 Å². The lowest BCUT2D eigenvalue weighted by molar-refractivity contribution is -0.122. The molecule has 88 valence electrons. The van der Waals surface area contributed by atoms with Gasteiger partial charge in [-0.3, -0.25) is 4.79 Å². The van der Waals surface area contributed by atoms with Crippen molar-refractivity contribution in [2.75, 3.05) is 0 Å². The number of ketones is 1. The summed E-state index contributed by atoms with van der Waals surface area (Å²) in [6.45, 7) is 4.20. The minimum atomic E-state index is 0.314. The van der Waals surface area contributed by atoms with E-state index in [0.717, 1.165) is 29.5 Å². The molecule has 0 N–H and O–H groups in total. The van der Waals surface area contributed by atoms with Gasteiger partial charge in [0.1, 0.15) is 10.8 Å². The van der Waals surface area contributed by atoms with Gasteiger partial charge in [0, 0.05) is 17.0 Å². The predicted molar refractivity (Wildman–Crippen MR) is 66.7 cm³/mol. The molecular formula is C13H19NOS. The molecular weight excluding hydrogens is 218 g/mol. The Labute approximate surface area is 101 Å². The molecule has 1 aromatic rings. The summed E-state index contributed by atoms with van der Waals surface area (Å²) in [5.41, 5.74) is 1.03. The Morgan fingerprint density at radius 3 is 2.94 bits per heavy atom. The van der Waals surface area contributed by atoms with Crippen molar-refractivity contribution in [2.24, 2.45) is 11.8 Å². The minimum Gasteiger partial charge on any atom is -0.299 e. The second kappa shape index (κ2) is 5.09. The molecule has 0 spiro atoms. The summed E-state index contributed by atoms with van der Waals surface area (Å²) in [5.74, 6) is 1.51. The van der Waals surface area contributed by atoms with Gasteiger partial charge in [0.05, 0.1) is 6.42 Å².